The maximum atomic E-state index is 8.65. The van der Waals surface area contributed by atoms with Crippen molar-refractivity contribution in [2.45, 2.75) is 19.4 Å². The summed E-state index contributed by atoms with van der Waals surface area (Å²) in [6.45, 7) is 2.21. The Labute approximate surface area is 115 Å². The molecule has 2 nitrogen and oxygen atoms in total. The number of nitrogens with zero attached hydrogens (tertiary/aromatic N) is 1. The third kappa shape index (κ3) is 10.8. The van der Waals surface area contributed by atoms with E-state index in [4.69, 9.17) is 23.7 Å². The van der Waals surface area contributed by atoms with E-state index in [0.717, 1.165) is 12.1 Å². The summed E-state index contributed by atoms with van der Waals surface area (Å²) in [6.07, 6.45) is 0.731. The molecule has 0 aliphatic rings. The van der Waals surface area contributed by atoms with Crippen LogP contribution in [-0.2, 0) is 17.0 Å². The molecular formula is C11H17Cl2NOTi-2. The van der Waals surface area contributed by atoms with Crippen LogP contribution < -0.4 is 0 Å². The molecule has 1 unspecified atom stereocenters. The first-order valence-corrected chi connectivity index (χ1v) is 8.87. The second-order valence-electron chi connectivity index (χ2n) is 2.90. The fourth-order valence-electron chi connectivity index (χ4n) is 1.02. The second-order valence-corrected chi connectivity index (χ2v) is 5.48. The summed E-state index contributed by atoms with van der Waals surface area (Å²) in [4.78, 5) is 0. The molecule has 0 aliphatic carbocycles. The zero-order valence-corrected chi connectivity index (χ0v) is 12.6. The number of hydrogen-bond acceptors (Lipinski definition) is 1. The van der Waals surface area contributed by atoms with Gasteiger partial charge in [-0.2, -0.15) is 0 Å². The summed E-state index contributed by atoms with van der Waals surface area (Å²) in [5.74, 6) is 0. The standard InChI is InChI=1S/C10H14NO.CH3.2ClH.Ti/c1-9(7-8-12)11-10-5-3-2-4-6-10;;;;/h2-6,9,12H,7-8H2,1H3;1H3;2*1H;/q2*-1;;;+2/p-2. The number of halogens is 2. The summed E-state index contributed by atoms with van der Waals surface area (Å²) in [5.41, 5.74) is 0.985. The van der Waals surface area contributed by atoms with E-state index >= 15 is 0 Å². The van der Waals surface area contributed by atoms with Gasteiger partial charge in [-0.25, -0.2) is 0 Å². The number of aliphatic hydroxyl groups excluding tert-OH is 1. The minimum atomic E-state index is -0.556. The van der Waals surface area contributed by atoms with Crippen LogP contribution in [0, 0.1) is 7.43 Å². The molecule has 0 saturated heterocycles. The van der Waals surface area contributed by atoms with E-state index in [0.29, 0.717) is 0 Å². The quantitative estimate of drug-likeness (QED) is 0.653. The van der Waals surface area contributed by atoms with Gasteiger partial charge in [-0.1, -0.05) is 37.3 Å². The average molecular weight is 298 g/mol. The molecule has 0 amide bonds. The van der Waals surface area contributed by atoms with Crippen molar-refractivity contribution in [3.8, 4) is 0 Å². The number of rotatable bonds is 4. The van der Waals surface area contributed by atoms with Crippen molar-refractivity contribution >= 4 is 24.3 Å². The Kier molecular flexibility index (Phi) is 15.5. The summed E-state index contributed by atoms with van der Waals surface area (Å²) < 4.78 is 0. The van der Waals surface area contributed by atoms with Crippen LogP contribution in [0.15, 0.2) is 30.3 Å². The van der Waals surface area contributed by atoms with Gasteiger partial charge in [-0.05, 0) is 6.42 Å². The van der Waals surface area contributed by atoms with Gasteiger partial charge >= 0.3 is 35.6 Å². The van der Waals surface area contributed by atoms with Gasteiger partial charge in [0.15, 0.2) is 0 Å². The van der Waals surface area contributed by atoms with Crippen LogP contribution in [0.25, 0.3) is 5.32 Å². The molecule has 0 radical (unpaired) electrons. The number of benzene rings is 1. The van der Waals surface area contributed by atoms with Gasteiger partial charge in [-0.15, -0.1) is 11.7 Å². The predicted octanol–water partition coefficient (Wildman–Crippen LogP) is 4.29. The van der Waals surface area contributed by atoms with Crippen molar-refractivity contribution in [1.82, 2.24) is 0 Å². The minimum absolute atomic E-state index is 0. The Bertz CT molecular complexity index is 237. The van der Waals surface area contributed by atoms with Crippen LogP contribution in [0.1, 0.15) is 13.3 Å². The molecule has 1 rings (SSSR count). The van der Waals surface area contributed by atoms with E-state index in [9.17, 15) is 0 Å². The zero-order valence-electron chi connectivity index (χ0n) is 9.53. The topological polar surface area (TPSA) is 34.3 Å². The van der Waals surface area contributed by atoms with Crippen molar-refractivity contribution in [2.75, 3.05) is 6.61 Å². The molecule has 92 valence electrons. The molecule has 0 bridgehead atoms. The Hall–Kier alpha value is 0.274. The van der Waals surface area contributed by atoms with Crippen molar-refractivity contribution < 1.29 is 22.1 Å². The predicted molar refractivity (Wildman–Crippen MR) is 68.7 cm³/mol. The fraction of sp³-hybridized carbons (Fsp3) is 0.364. The first-order valence-electron chi connectivity index (χ1n) is 4.57. The molecule has 1 N–H and O–H groups in total. The number of para-hydroxylation sites is 1. The van der Waals surface area contributed by atoms with Gasteiger partial charge in [0.05, 0.1) is 0 Å². The third-order valence-electron chi connectivity index (χ3n) is 1.67. The van der Waals surface area contributed by atoms with E-state index in [1.54, 1.807) is 0 Å². The van der Waals surface area contributed by atoms with Gasteiger partial charge in [0.1, 0.15) is 0 Å². The van der Waals surface area contributed by atoms with Crippen LogP contribution in [0.4, 0.5) is 5.69 Å². The molecule has 0 aromatic heterocycles. The van der Waals surface area contributed by atoms with Gasteiger partial charge in [-0.3, -0.25) is 0 Å². The molecule has 1 aromatic rings. The summed E-state index contributed by atoms with van der Waals surface area (Å²) in [5, 5.41) is 13.0. The average Bonchev–Trinajstić information content (AvgIpc) is 2.20. The second kappa shape index (κ2) is 13.3. The molecule has 1 aromatic carbocycles. The molecule has 0 spiro atoms. The molecule has 5 heteroatoms. The first-order chi connectivity index (χ1) is 7.24. The van der Waals surface area contributed by atoms with Crippen LogP contribution in [0.2, 0.25) is 0 Å². The van der Waals surface area contributed by atoms with Crippen LogP contribution in [-0.4, -0.2) is 17.8 Å². The van der Waals surface area contributed by atoms with Gasteiger partial charge in [0, 0.05) is 6.61 Å². The SMILES string of the molecule is CC(CCO)[N-]c1ccccc1.[CH3-].[Cl][Ti][Cl]. The van der Waals surface area contributed by atoms with E-state index in [1.807, 2.05) is 37.3 Å². The molecule has 0 saturated carbocycles. The fourth-order valence-corrected chi connectivity index (χ4v) is 1.02. The summed E-state index contributed by atoms with van der Waals surface area (Å²) in [7, 11) is 9.78. The molecule has 1 atom stereocenters. The van der Waals surface area contributed by atoms with Crippen molar-refractivity contribution in [2.24, 2.45) is 0 Å². The van der Waals surface area contributed by atoms with E-state index in [-0.39, 0.29) is 20.1 Å². The van der Waals surface area contributed by atoms with Crippen LogP contribution in [0.5, 0.6) is 0 Å². The Morgan fingerprint density at radius 2 is 1.81 bits per heavy atom. The summed E-state index contributed by atoms with van der Waals surface area (Å²) in [6, 6.07) is 10.0. The molecule has 16 heavy (non-hydrogen) atoms. The van der Waals surface area contributed by atoms with E-state index in [1.165, 1.54) is 0 Å². The number of aliphatic hydroxyl groups is 1. The summed E-state index contributed by atoms with van der Waals surface area (Å²) >= 11 is -0.556. The van der Waals surface area contributed by atoms with Gasteiger partial charge in [0.25, 0.3) is 0 Å². The molecule has 0 heterocycles. The van der Waals surface area contributed by atoms with Crippen molar-refractivity contribution in [3.63, 3.8) is 0 Å². The number of hydrogen-bond donors (Lipinski definition) is 1. The van der Waals surface area contributed by atoms with Crippen LogP contribution in [0.3, 0.4) is 0 Å². The zero-order chi connectivity index (χ0) is 11.5. The Balaban J connectivity index is 0. The van der Waals surface area contributed by atoms with E-state index in [2.05, 4.69) is 5.32 Å². The first kappa shape index (κ1) is 18.6. The van der Waals surface area contributed by atoms with E-state index < -0.39 is 17.0 Å². The normalized spacial score (nSPS) is 10.2. The Morgan fingerprint density at radius 3 is 2.25 bits per heavy atom. The Morgan fingerprint density at radius 1 is 1.31 bits per heavy atom. The van der Waals surface area contributed by atoms with Gasteiger partial charge < -0.3 is 17.8 Å². The van der Waals surface area contributed by atoms with Crippen molar-refractivity contribution in [1.29, 1.82) is 0 Å². The maximum absolute atomic E-state index is 8.65. The molecular weight excluding hydrogens is 281 g/mol. The molecule has 0 aliphatic heterocycles. The van der Waals surface area contributed by atoms with Crippen molar-refractivity contribution in [3.05, 3.63) is 43.1 Å². The van der Waals surface area contributed by atoms with Crippen LogP contribution >= 0.6 is 18.6 Å². The monoisotopic (exact) mass is 297 g/mol. The third-order valence-corrected chi connectivity index (χ3v) is 1.67. The van der Waals surface area contributed by atoms with Gasteiger partial charge in [0.2, 0.25) is 0 Å². The molecule has 0 fully saturated rings.